The Balaban J connectivity index is 2.13. The Hall–Kier alpha value is -3.12. The molecule has 3 aromatic rings. The van der Waals surface area contributed by atoms with E-state index in [0.29, 0.717) is 23.3 Å². The third-order valence-corrected chi connectivity index (χ3v) is 3.98. The summed E-state index contributed by atoms with van der Waals surface area (Å²) in [7, 11) is 1.60. The third kappa shape index (κ3) is 3.39. The maximum Gasteiger partial charge on any atom is 0.337 e. The number of nitrogens with zero attached hydrogens (tertiary/aromatic N) is 1. The van der Waals surface area contributed by atoms with Gasteiger partial charge in [-0.3, -0.25) is 10.7 Å². The van der Waals surface area contributed by atoms with Crippen molar-refractivity contribution in [2.45, 2.75) is 6.42 Å². The first-order valence-electron chi connectivity index (χ1n) is 7.73. The number of hydrogen-bond acceptors (Lipinski definition) is 5. The molecule has 128 valence electrons. The molecule has 0 unspecified atom stereocenters. The highest BCUT2D eigenvalue weighted by Crippen LogP contribution is 2.30. The summed E-state index contributed by atoms with van der Waals surface area (Å²) in [4.78, 5) is 15.9. The van der Waals surface area contributed by atoms with Gasteiger partial charge in [-0.2, -0.15) is 0 Å². The van der Waals surface area contributed by atoms with Gasteiger partial charge in [-0.15, -0.1) is 0 Å². The average molecular weight is 338 g/mol. The maximum absolute atomic E-state index is 11.7. The van der Waals surface area contributed by atoms with Crippen molar-refractivity contribution >= 4 is 16.9 Å². The van der Waals surface area contributed by atoms with Gasteiger partial charge in [0.2, 0.25) is 0 Å². The third-order valence-electron chi connectivity index (χ3n) is 3.98. The Morgan fingerprint density at radius 1 is 1.20 bits per heavy atom. The Morgan fingerprint density at radius 3 is 2.60 bits per heavy atom. The molecule has 6 nitrogen and oxygen atoms in total. The van der Waals surface area contributed by atoms with E-state index in [9.17, 15) is 9.90 Å². The van der Waals surface area contributed by atoms with Crippen molar-refractivity contribution in [1.29, 1.82) is 0 Å². The number of para-hydroxylation sites is 1. The molecule has 0 bridgehead atoms. The molecule has 0 saturated heterocycles. The zero-order valence-corrected chi connectivity index (χ0v) is 13.7. The molecule has 1 aromatic heterocycles. The monoisotopic (exact) mass is 338 g/mol. The van der Waals surface area contributed by atoms with E-state index in [-0.39, 0.29) is 12.3 Å². The molecule has 0 radical (unpaired) electrons. The normalized spacial score (nSPS) is 10.6. The van der Waals surface area contributed by atoms with E-state index in [0.717, 1.165) is 16.7 Å². The summed E-state index contributed by atoms with van der Waals surface area (Å²) in [5, 5.41) is 10.3. The predicted octanol–water partition coefficient (Wildman–Crippen LogP) is 2.83. The molecule has 25 heavy (non-hydrogen) atoms. The number of nitrogens with two attached hydrogens (primary N) is 1. The maximum atomic E-state index is 11.7. The first-order valence-corrected chi connectivity index (χ1v) is 7.73. The fourth-order valence-electron chi connectivity index (χ4n) is 2.78. The highest BCUT2D eigenvalue weighted by molar-refractivity contribution is 5.97. The highest BCUT2D eigenvalue weighted by atomic mass is 16.5. The SMILES string of the molecule is COc1ccc(Cc2c(C(=O)O)cnc3c(OCN)cccc23)cc1. The topological polar surface area (TPSA) is 94.7 Å². The largest absolute Gasteiger partial charge is 0.497 e. The lowest BCUT2D eigenvalue weighted by molar-refractivity contribution is 0.0695. The van der Waals surface area contributed by atoms with Crippen molar-refractivity contribution in [1.82, 2.24) is 4.98 Å². The van der Waals surface area contributed by atoms with Gasteiger partial charge >= 0.3 is 5.97 Å². The highest BCUT2D eigenvalue weighted by Gasteiger charge is 2.17. The number of hydrogen-bond donors (Lipinski definition) is 2. The minimum atomic E-state index is -1.01. The Morgan fingerprint density at radius 2 is 1.96 bits per heavy atom. The molecule has 0 atom stereocenters. The number of methoxy groups -OCH3 is 1. The molecule has 0 saturated carbocycles. The lowest BCUT2D eigenvalue weighted by Gasteiger charge is -2.13. The van der Waals surface area contributed by atoms with Crippen LogP contribution in [-0.4, -0.2) is 29.9 Å². The number of pyridine rings is 1. The summed E-state index contributed by atoms with van der Waals surface area (Å²) in [5.41, 5.74) is 7.89. The number of carboxylic acids is 1. The molecule has 2 aromatic carbocycles. The van der Waals surface area contributed by atoms with E-state index in [1.165, 1.54) is 6.20 Å². The van der Waals surface area contributed by atoms with Gasteiger partial charge in [0, 0.05) is 11.6 Å². The summed E-state index contributed by atoms with van der Waals surface area (Å²) in [6, 6.07) is 12.9. The lowest BCUT2D eigenvalue weighted by atomic mass is 9.96. The number of fused-ring (bicyclic) bond motifs is 1. The summed E-state index contributed by atoms with van der Waals surface area (Å²) < 4.78 is 10.6. The Labute approximate surface area is 144 Å². The van der Waals surface area contributed by atoms with E-state index >= 15 is 0 Å². The molecule has 1 heterocycles. The fourth-order valence-corrected chi connectivity index (χ4v) is 2.78. The minimum absolute atomic E-state index is 0.0231. The molecule has 6 heteroatoms. The van der Waals surface area contributed by atoms with E-state index in [4.69, 9.17) is 15.2 Å². The summed E-state index contributed by atoms with van der Waals surface area (Å²) in [6.45, 7) is 0.0231. The molecule has 0 fully saturated rings. The zero-order valence-electron chi connectivity index (χ0n) is 13.7. The molecular formula is C19H18N2O4. The van der Waals surface area contributed by atoms with Gasteiger partial charge in [0.25, 0.3) is 0 Å². The van der Waals surface area contributed by atoms with Gasteiger partial charge in [-0.25, -0.2) is 4.79 Å². The van der Waals surface area contributed by atoms with E-state index < -0.39 is 5.97 Å². The van der Waals surface area contributed by atoms with Gasteiger partial charge in [0.05, 0.1) is 12.7 Å². The molecule has 0 amide bonds. The minimum Gasteiger partial charge on any atom is -0.497 e. The standard InChI is InChI=1S/C19H18N2O4/c1-24-13-7-5-12(6-8-13)9-15-14-3-2-4-17(25-11-20)18(14)21-10-16(15)19(22)23/h2-8,10H,9,11,20H2,1H3,(H,22,23). The average Bonchev–Trinajstić information content (AvgIpc) is 2.63. The smallest absolute Gasteiger partial charge is 0.337 e. The van der Waals surface area contributed by atoms with Crippen molar-refractivity contribution in [2.24, 2.45) is 5.73 Å². The number of ether oxygens (including phenoxy) is 2. The quantitative estimate of drug-likeness (QED) is 0.671. The van der Waals surface area contributed by atoms with Crippen molar-refractivity contribution in [2.75, 3.05) is 13.8 Å². The van der Waals surface area contributed by atoms with Gasteiger partial charge in [0.1, 0.15) is 23.7 Å². The van der Waals surface area contributed by atoms with Crippen LogP contribution < -0.4 is 15.2 Å². The molecular weight excluding hydrogens is 320 g/mol. The summed E-state index contributed by atoms with van der Waals surface area (Å²) in [6.07, 6.45) is 1.82. The summed E-state index contributed by atoms with van der Waals surface area (Å²) >= 11 is 0. The van der Waals surface area contributed by atoms with Crippen LogP contribution in [-0.2, 0) is 6.42 Å². The van der Waals surface area contributed by atoms with Gasteiger partial charge in [0.15, 0.2) is 0 Å². The summed E-state index contributed by atoms with van der Waals surface area (Å²) in [5.74, 6) is 0.274. The first-order chi connectivity index (χ1) is 12.1. The van der Waals surface area contributed by atoms with Crippen LogP contribution in [0.3, 0.4) is 0 Å². The fraction of sp³-hybridized carbons (Fsp3) is 0.158. The van der Waals surface area contributed by atoms with Gasteiger partial charge in [-0.05, 0) is 35.7 Å². The Kier molecular flexibility index (Phi) is 4.81. The Bertz CT molecular complexity index is 907. The predicted molar refractivity (Wildman–Crippen MR) is 94.2 cm³/mol. The van der Waals surface area contributed by atoms with Gasteiger partial charge in [-0.1, -0.05) is 24.3 Å². The van der Waals surface area contributed by atoms with Crippen molar-refractivity contribution in [3.63, 3.8) is 0 Å². The van der Waals surface area contributed by atoms with Crippen molar-refractivity contribution in [3.05, 3.63) is 65.4 Å². The number of aromatic carboxylic acids is 1. The second kappa shape index (κ2) is 7.19. The molecule has 0 spiro atoms. The number of aromatic nitrogens is 1. The first kappa shape index (κ1) is 16.7. The van der Waals surface area contributed by atoms with Crippen molar-refractivity contribution in [3.8, 4) is 11.5 Å². The van der Waals surface area contributed by atoms with E-state index in [2.05, 4.69) is 4.98 Å². The molecule has 3 N–H and O–H groups in total. The van der Waals surface area contributed by atoms with Crippen molar-refractivity contribution < 1.29 is 19.4 Å². The van der Waals surface area contributed by atoms with E-state index in [1.807, 2.05) is 30.3 Å². The van der Waals surface area contributed by atoms with Crippen LogP contribution in [0, 0.1) is 0 Å². The van der Waals surface area contributed by atoms with Crippen LogP contribution in [0.4, 0.5) is 0 Å². The van der Waals surface area contributed by atoms with Crippen LogP contribution in [0.2, 0.25) is 0 Å². The molecule has 3 rings (SSSR count). The second-order valence-electron chi connectivity index (χ2n) is 5.44. The second-order valence-corrected chi connectivity index (χ2v) is 5.44. The molecule has 0 aliphatic heterocycles. The number of carbonyl (C=O) groups is 1. The van der Waals surface area contributed by atoms with E-state index in [1.54, 1.807) is 19.2 Å². The number of carboxylic acid groups (broad SMARTS) is 1. The molecule has 0 aliphatic rings. The van der Waals surface area contributed by atoms with Crippen LogP contribution in [0.25, 0.3) is 10.9 Å². The molecule has 0 aliphatic carbocycles. The number of rotatable bonds is 6. The zero-order chi connectivity index (χ0) is 17.8. The number of benzene rings is 2. The van der Waals surface area contributed by atoms with Crippen LogP contribution >= 0.6 is 0 Å². The lowest BCUT2D eigenvalue weighted by Crippen LogP contribution is -2.09. The van der Waals surface area contributed by atoms with Crippen LogP contribution in [0.15, 0.2) is 48.7 Å². The van der Waals surface area contributed by atoms with Crippen LogP contribution in [0.5, 0.6) is 11.5 Å². The van der Waals surface area contributed by atoms with Gasteiger partial charge < -0.3 is 14.6 Å². The van der Waals surface area contributed by atoms with Crippen LogP contribution in [0.1, 0.15) is 21.5 Å².